The van der Waals surface area contributed by atoms with E-state index in [0.717, 1.165) is 28.7 Å². The van der Waals surface area contributed by atoms with E-state index in [9.17, 15) is 39.4 Å². The Labute approximate surface area is 522 Å². The zero-order valence-corrected chi connectivity index (χ0v) is 51.4. The van der Waals surface area contributed by atoms with Gasteiger partial charge in [0.05, 0.1) is 9.85 Å². The third kappa shape index (κ3) is 19.5. The molecule has 0 aliphatic heterocycles. The van der Waals surface area contributed by atoms with Crippen LogP contribution in [0.5, 0.6) is 0 Å². The van der Waals surface area contributed by atoms with Gasteiger partial charge in [-0.15, -0.1) is 15.3 Å². The molecule has 31 heteroatoms. The van der Waals surface area contributed by atoms with Crippen molar-refractivity contribution in [3.63, 3.8) is 0 Å². The van der Waals surface area contributed by atoms with Crippen molar-refractivity contribution in [3.05, 3.63) is 148 Å². The number of fused-ring (bicyclic) bond motifs is 3. The topological polar surface area (TPSA) is 398 Å². The minimum atomic E-state index is -0.974. The number of benzene rings is 3. The van der Waals surface area contributed by atoms with Gasteiger partial charge in [0.15, 0.2) is 17.5 Å². The summed E-state index contributed by atoms with van der Waals surface area (Å²) in [5.41, 5.74) is 14.6. The molecular weight excluding hydrogens is 1180 g/mol. The molecule has 0 fully saturated rings. The molecule has 0 unspecified atom stereocenters. The van der Waals surface area contributed by atoms with Gasteiger partial charge in [0, 0.05) is 72.3 Å². The summed E-state index contributed by atoms with van der Waals surface area (Å²) in [6.07, 6.45) is 2.66. The number of carbonyl (C=O) groups excluding carboxylic acids is 4. The summed E-state index contributed by atoms with van der Waals surface area (Å²) in [5.74, 6) is 1.98. The van der Waals surface area contributed by atoms with Gasteiger partial charge < -0.3 is 35.5 Å². The number of hydrogen-bond donors (Lipinski definition) is 4. The zero-order chi connectivity index (χ0) is 67.1. The molecule has 0 radical (unpaired) electrons. The number of imide groups is 2. The average Bonchev–Trinajstić information content (AvgIpc) is 1.71. The molecule has 0 atom stereocenters. The average molecular weight is 1250 g/mol. The van der Waals surface area contributed by atoms with Crippen LogP contribution in [0.4, 0.5) is 53.7 Å². The molecule has 91 heavy (non-hydrogen) atoms. The van der Waals surface area contributed by atoms with Crippen LogP contribution >= 0.6 is 0 Å². The van der Waals surface area contributed by atoms with E-state index >= 15 is 0 Å². The number of hydrogen-bond acceptors (Lipinski definition) is 23. The summed E-state index contributed by atoms with van der Waals surface area (Å²) in [4.78, 5) is 74.4. The molecule has 3 aromatic carbocycles. The number of ether oxygens (including phenoxy) is 4. The van der Waals surface area contributed by atoms with E-state index in [0.29, 0.717) is 56.8 Å². The van der Waals surface area contributed by atoms with Crippen LogP contribution in [0.3, 0.4) is 0 Å². The first-order chi connectivity index (χ1) is 42.2. The van der Waals surface area contributed by atoms with Crippen LogP contribution in [0.2, 0.25) is 0 Å². The Balaban J connectivity index is 0.000000283. The van der Waals surface area contributed by atoms with E-state index in [1.807, 2.05) is 30.3 Å². The number of nitrogens with zero attached hydrogens (tertiary/aromatic N) is 13. The minimum absolute atomic E-state index is 0. The SMILES string of the molecule is C.CC(C)(C)OC(=O)N(C(=O)OC(C)(C)C)c1nnn2cccc(-c3ccc(N)cc3)c12.CC(C)(C)OC(=O)N(C(=O)OC(C)(C)C)c1nnn2cccc(-c3ccc([N+](=O)[O-])cc3)c12.CO.Nc1nnn2cccc(-c3ccc([N+](=O)[O-])cc3)c12.O=BC#CO. The monoisotopic (exact) mass is 1250 g/mol. The number of carbonyl (C=O) groups is 4. The maximum absolute atomic E-state index is 13.0. The Hall–Kier alpha value is -11.4. The van der Waals surface area contributed by atoms with E-state index in [4.69, 9.17) is 45.3 Å². The van der Waals surface area contributed by atoms with E-state index in [1.54, 1.807) is 167 Å². The summed E-state index contributed by atoms with van der Waals surface area (Å²) in [6, 6.07) is 30.1. The van der Waals surface area contributed by atoms with Gasteiger partial charge >= 0.3 is 53.3 Å². The van der Waals surface area contributed by atoms with Crippen molar-refractivity contribution < 1.29 is 62.9 Å². The van der Waals surface area contributed by atoms with E-state index in [2.05, 4.69) is 30.9 Å². The van der Waals surface area contributed by atoms with Gasteiger partial charge in [0.1, 0.15) is 39.0 Å². The predicted molar refractivity (Wildman–Crippen MR) is 338 cm³/mol. The summed E-state index contributed by atoms with van der Waals surface area (Å²) in [5, 5.41) is 60.1. The maximum atomic E-state index is 13.0. The van der Waals surface area contributed by atoms with Crippen molar-refractivity contribution in [3.8, 4) is 45.3 Å². The second kappa shape index (κ2) is 30.5. The van der Waals surface area contributed by atoms with E-state index in [1.165, 1.54) is 39.4 Å². The molecule has 0 aliphatic rings. The van der Waals surface area contributed by atoms with E-state index in [-0.39, 0.29) is 30.4 Å². The van der Waals surface area contributed by atoms with Gasteiger partial charge in [-0.25, -0.2) is 32.7 Å². The van der Waals surface area contributed by atoms with Gasteiger partial charge in [0.25, 0.3) is 11.4 Å². The van der Waals surface area contributed by atoms with Gasteiger partial charge in [-0.1, -0.05) is 53.4 Å². The zero-order valence-electron chi connectivity index (χ0n) is 51.4. The van der Waals surface area contributed by atoms with Crippen molar-refractivity contribution in [2.24, 2.45) is 0 Å². The van der Waals surface area contributed by atoms with E-state index < -0.39 is 56.6 Å². The Morgan fingerprint density at radius 3 is 1.07 bits per heavy atom. The number of nitro groups is 2. The Kier molecular flexibility index (Phi) is 24.1. The number of nitro benzene ring substituents is 2. The molecule has 9 aromatic rings. The fourth-order valence-electron chi connectivity index (χ4n) is 7.78. The molecule has 478 valence electrons. The van der Waals surface area contributed by atoms with Gasteiger partial charge in [-0.3, -0.25) is 20.2 Å². The van der Waals surface area contributed by atoms with Crippen LogP contribution in [0.25, 0.3) is 49.9 Å². The summed E-state index contributed by atoms with van der Waals surface area (Å²) < 4.78 is 35.3. The Morgan fingerprint density at radius 2 is 0.791 bits per heavy atom. The summed E-state index contributed by atoms with van der Waals surface area (Å²) in [6.45, 7) is 20.3. The quantitative estimate of drug-likeness (QED) is 0.0287. The van der Waals surface area contributed by atoms with Crippen LogP contribution in [0, 0.1) is 32.2 Å². The number of pyridine rings is 3. The number of aliphatic hydroxyl groups excluding tert-OH is 2. The molecule has 6 aromatic heterocycles. The fraction of sp³-hybridized carbons (Fsp3) is 0.300. The Bertz CT molecular complexity index is 4040. The summed E-state index contributed by atoms with van der Waals surface area (Å²) >= 11 is 0. The first kappa shape index (κ1) is 72.1. The fourth-order valence-corrected chi connectivity index (χ4v) is 7.78. The first-order valence-corrected chi connectivity index (χ1v) is 26.9. The first-order valence-electron chi connectivity index (χ1n) is 26.9. The van der Waals surface area contributed by atoms with Crippen LogP contribution in [0.15, 0.2) is 128 Å². The number of non-ortho nitro benzene ring substituents is 2. The normalized spacial score (nSPS) is 10.8. The number of amides is 4. The molecule has 0 spiro atoms. The van der Waals surface area contributed by atoms with Crippen molar-refractivity contribution in [2.45, 2.75) is 113 Å². The number of aromatic nitrogens is 9. The molecule has 0 aliphatic carbocycles. The van der Waals surface area contributed by atoms with Crippen LogP contribution in [-0.4, -0.2) is 126 Å². The third-order valence-corrected chi connectivity index (χ3v) is 11.2. The van der Waals surface area contributed by atoms with Crippen molar-refractivity contribution in [2.75, 3.05) is 28.4 Å². The number of anilines is 4. The molecule has 6 N–H and O–H groups in total. The molecule has 0 saturated carbocycles. The van der Waals surface area contributed by atoms with Gasteiger partial charge in [0.2, 0.25) is 0 Å². The number of aliphatic hydroxyl groups is 2. The second-order valence-corrected chi connectivity index (χ2v) is 22.6. The van der Waals surface area contributed by atoms with Gasteiger partial charge in [-0.2, -0.15) is 9.80 Å². The van der Waals surface area contributed by atoms with Crippen LogP contribution < -0.4 is 21.3 Å². The number of rotatable bonds is 7. The van der Waals surface area contributed by atoms with Crippen LogP contribution in [-0.2, 0) is 23.7 Å². The molecule has 0 saturated heterocycles. The molecule has 0 bridgehead atoms. The van der Waals surface area contributed by atoms with Crippen molar-refractivity contribution in [1.82, 2.24) is 44.5 Å². The third-order valence-electron chi connectivity index (χ3n) is 11.2. The van der Waals surface area contributed by atoms with Crippen LogP contribution in [0.1, 0.15) is 90.5 Å². The second-order valence-electron chi connectivity index (χ2n) is 22.6. The van der Waals surface area contributed by atoms with Gasteiger partial charge in [-0.05, 0) is 154 Å². The number of nitrogen functional groups attached to an aromatic ring is 2. The van der Waals surface area contributed by atoms with Crippen molar-refractivity contribution in [1.29, 1.82) is 0 Å². The summed E-state index contributed by atoms with van der Waals surface area (Å²) in [7, 11) is 1.32. The van der Waals surface area contributed by atoms with Crippen molar-refractivity contribution >= 4 is 82.6 Å². The predicted octanol–water partition coefficient (Wildman–Crippen LogP) is 11.1. The molecule has 30 nitrogen and oxygen atoms in total. The molecule has 4 amide bonds. The Morgan fingerprint density at radius 1 is 0.505 bits per heavy atom. The number of nitrogens with two attached hydrogens (primary N) is 2. The molecular formula is C60H70BN15O15. The molecule has 6 heterocycles. The standard InChI is InChI=1S/C22H25N5O6.C22H27N5O4.C12H9N5O2.C2HBO2.CH4O.CH4/c1-21(2,3)32-19(28)26(20(29)33-22(4,5)6)18-17-16(8-7-13-25(17)24-23-18)14-9-11-15(12-10-14)27(30)31;1-21(2,3)30-19(28)27(20(29)31-22(4,5)6)18-17-16(8-7-13-26(17)25-24-18)14-9-11-15(23)12-10-14;13-12-11-10(2-1-7-16(11)15-14-12)8-3-5-9(6-4-8)17(18)19;4-2-1-3-5;1-2;/h7-13H,1-6H3;7-13H,23H2,1-6H3;1-7H,13H2;4H;2H,1H3;1H4. The molecule has 9 rings (SSSR count).